The Labute approximate surface area is 89.0 Å². The Bertz CT molecular complexity index is 319. The SMILES string of the molecule is CC(C)c1ccc(CCO[N+](=O)[O-])cc1. The number of nitrogens with zero attached hydrogens (tertiary/aromatic N) is 1. The molecule has 0 heterocycles. The first-order valence-electron chi connectivity index (χ1n) is 4.95. The predicted molar refractivity (Wildman–Crippen MR) is 57.2 cm³/mol. The third-order valence-electron chi connectivity index (χ3n) is 2.23. The second-order valence-electron chi connectivity index (χ2n) is 3.70. The molecule has 0 saturated carbocycles. The first-order chi connectivity index (χ1) is 7.09. The van der Waals surface area contributed by atoms with Gasteiger partial charge in [-0.3, -0.25) is 0 Å². The van der Waals surface area contributed by atoms with Crippen molar-refractivity contribution in [3.05, 3.63) is 45.5 Å². The smallest absolute Gasteiger partial charge is 0.294 e. The van der Waals surface area contributed by atoms with Gasteiger partial charge in [0.2, 0.25) is 0 Å². The summed E-state index contributed by atoms with van der Waals surface area (Å²) in [6.07, 6.45) is 0.569. The minimum atomic E-state index is -0.761. The average molecular weight is 209 g/mol. The quantitative estimate of drug-likeness (QED) is 0.553. The highest BCUT2D eigenvalue weighted by atomic mass is 16.9. The molecule has 1 aromatic rings. The van der Waals surface area contributed by atoms with E-state index < -0.39 is 5.09 Å². The van der Waals surface area contributed by atoms with Crippen molar-refractivity contribution >= 4 is 0 Å². The van der Waals surface area contributed by atoms with Crippen molar-refractivity contribution in [1.29, 1.82) is 0 Å². The van der Waals surface area contributed by atoms with E-state index in [0.717, 1.165) is 5.56 Å². The minimum absolute atomic E-state index is 0.119. The summed E-state index contributed by atoms with van der Waals surface area (Å²) < 4.78 is 0. The van der Waals surface area contributed by atoms with Gasteiger partial charge in [-0.05, 0) is 23.5 Å². The lowest BCUT2D eigenvalue weighted by Crippen LogP contribution is -2.04. The normalized spacial score (nSPS) is 10.3. The van der Waals surface area contributed by atoms with Gasteiger partial charge in [-0.1, -0.05) is 38.1 Å². The zero-order chi connectivity index (χ0) is 11.3. The summed E-state index contributed by atoms with van der Waals surface area (Å²) in [5, 5.41) is 9.15. The van der Waals surface area contributed by atoms with E-state index in [2.05, 4.69) is 18.7 Å². The van der Waals surface area contributed by atoms with Crippen LogP contribution in [-0.2, 0) is 11.3 Å². The van der Waals surface area contributed by atoms with Crippen LogP contribution < -0.4 is 0 Å². The van der Waals surface area contributed by atoms with Crippen LogP contribution in [0.5, 0.6) is 0 Å². The van der Waals surface area contributed by atoms with Gasteiger partial charge in [0.15, 0.2) is 0 Å². The molecule has 82 valence electrons. The molecule has 0 aliphatic rings. The maximum atomic E-state index is 9.92. The molecule has 1 rings (SSSR count). The molecule has 0 aliphatic heterocycles. The molecular formula is C11H15NO3. The molecule has 0 bridgehead atoms. The zero-order valence-corrected chi connectivity index (χ0v) is 8.97. The Balaban J connectivity index is 2.46. The largest absolute Gasteiger partial charge is 0.314 e. The number of benzene rings is 1. The second-order valence-corrected chi connectivity index (χ2v) is 3.70. The van der Waals surface area contributed by atoms with Gasteiger partial charge >= 0.3 is 0 Å². The van der Waals surface area contributed by atoms with Crippen LogP contribution in [0.2, 0.25) is 0 Å². The first kappa shape index (κ1) is 11.5. The standard InChI is InChI=1S/C11H15NO3/c1-9(2)11-5-3-10(4-6-11)7-8-15-12(13)14/h3-6,9H,7-8H2,1-2H3. The molecule has 0 spiro atoms. The van der Waals surface area contributed by atoms with Crippen LogP contribution in [0.25, 0.3) is 0 Å². The Hall–Kier alpha value is -1.58. The highest BCUT2D eigenvalue weighted by Crippen LogP contribution is 2.14. The summed E-state index contributed by atoms with van der Waals surface area (Å²) >= 11 is 0. The summed E-state index contributed by atoms with van der Waals surface area (Å²) in [5.41, 5.74) is 2.33. The van der Waals surface area contributed by atoms with Crippen LogP contribution >= 0.6 is 0 Å². The molecule has 4 nitrogen and oxygen atoms in total. The fourth-order valence-electron chi connectivity index (χ4n) is 1.31. The van der Waals surface area contributed by atoms with Crippen LogP contribution in [0, 0.1) is 10.1 Å². The van der Waals surface area contributed by atoms with E-state index in [1.165, 1.54) is 5.56 Å². The fraction of sp³-hybridized carbons (Fsp3) is 0.455. The minimum Gasteiger partial charge on any atom is -0.314 e. The Kier molecular flexibility index (Phi) is 4.09. The van der Waals surface area contributed by atoms with Gasteiger partial charge in [-0.25, -0.2) is 0 Å². The molecule has 0 saturated heterocycles. The lowest BCUT2D eigenvalue weighted by Gasteiger charge is -2.06. The van der Waals surface area contributed by atoms with E-state index >= 15 is 0 Å². The van der Waals surface area contributed by atoms with Gasteiger partial charge < -0.3 is 4.84 Å². The molecule has 0 radical (unpaired) electrons. The van der Waals surface area contributed by atoms with Crippen LogP contribution in [-0.4, -0.2) is 11.7 Å². The highest BCUT2D eigenvalue weighted by molar-refractivity contribution is 5.24. The van der Waals surface area contributed by atoms with Gasteiger partial charge in [-0.2, -0.15) is 0 Å². The van der Waals surface area contributed by atoms with E-state index in [-0.39, 0.29) is 6.61 Å². The molecule has 4 heteroatoms. The van der Waals surface area contributed by atoms with Crippen molar-refractivity contribution < 1.29 is 9.92 Å². The third-order valence-corrected chi connectivity index (χ3v) is 2.23. The molecule has 0 fully saturated rings. The van der Waals surface area contributed by atoms with Gasteiger partial charge in [0.1, 0.15) is 6.61 Å². The second kappa shape index (κ2) is 5.34. The van der Waals surface area contributed by atoms with Crippen molar-refractivity contribution in [2.24, 2.45) is 0 Å². The van der Waals surface area contributed by atoms with Crippen LogP contribution in [0.4, 0.5) is 0 Å². The molecule has 1 aromatic carbocycles. The van der Waals surface area contributed by atoms with E-state index in [4.69, 9.17) is 0 Å². The average Bonchev–Trinajstić information content (AvgIpc) is 2.18. The lowest BCUT2D eigenvalue weighted by molar-refractivity contribution is -0.757. The maximum Gasteiger partial charge on any atom is 0.294 e. The molecule has 0 N–H and O–H groups in total. The summed E-state index contributed by atoms with van der Waals surface area (Å²) in [4.78, 5) is 14.2. The Morgan fingerprint density at radius 2 is 1.93 bits per heavy atom. The highest BCUT2D eigenvalue weighted by Gasteiger charge is 2.00. The molecule has 0 aromatic heterocycles. The Morgan fingerprint density at radius 1 is 1.33 bits per heavy atom. The molecule has 0 atom stereocenters. The van der Waals surface area contributed by atoms with Crippen LogP contribution in [0.3, 0.4) is 0 Å². The first-order valence-corrected chi connectivity index (χ1v) is 4.95. The number of rotatable bonds is 5. The van der Waals surface area contributed by atoms with Gasteiger partial charge in [0, 0.05) is 0 Å². The van der Waals surface area contributed by atoms with Crippen molar-refractivity contribution in [3.63, 3.8) is 0 Å². The van der Waals surface area contributed by atoms with Crippen molar-refractivity contribution in [1.82, 2.24) is 0 Å². The monoisotopic (exact) mass is 209 g/mol. The summed E-state index contributed by atoms with van der Waals surface area (Å²) in [7, 11) is 0. The van der Waals surface area contributed by atoms with Crippen LogP contribution in [0.1, 0.15) is 30.9 Å². The van der Waals surface area contributed by atoms with Crippen molar-refractivity contribution in [2.75, 3.05) is 6.61 Å². The number of hydrogen-bond acceptors (Lipinski definition) is 3. The molecule has 0 aliphatic carbocycles. The van der Waals surface area contributed by atoms with Crippen molar-refractivity contribution in [3.8, 4) is 0 Å². The molecule has 0 amide bonds. The summed E-state index contributed by atoms with van der Waals surface area (Å²) in [6, 6.07) is 8.07. The van der Waals surface area contributed by atoms with E-state index in [1.807, 2.05) is 24.3 Å². The summed E-state index contributed by atoms with van der Waals surface area (Å²) in [6.45, 7) is 4.38. The summed E-state index contributed by atoms with van der Waals surface area (Å²) in [5.74, 6) is 0.508. The Morgan fingerprint density at radius 3 is 2.40 bits per heavy atom. The van der Waals surface area contributed by atoms with Crippen LogP contribution in [0.15, 0.2) is 24.3 Å². The van der Waals surface area contributed by atoms with E-state index in [9.17, 15) is 10.1 Å². The lowest BCUT2D eigenvalue weighted by atomic mass is 10.0. The fourth-order valence-corrected chi connectivity index (χ4v) is 1.31. The predicted octanol–water partition coefficient (Wildman–Crippen LogP) is 2.56. The van der Waals surface area contributed by atoms with E-state index in [1.54, 1.807) is 0 Å². The van der Waals surface area contributed by atoms with Gasteiger partial charge in [-0.15, -0.1) is 10.1 Å². The molecular weight excluding hydrogens is 194 g/mol. The van der Waals surface area contributed by atoms with Gasteiger partial charge in [0.25, 0.3) is 5.09 Å². The molecule has 15 heavy (non-hydrogen) atoms. The van der Waals surface area contributed by atoms with Gasteiger partial charge in [0.05, 0.1) is 0 Å². The molecule has 0 unspecified atom stereocenters. The van der Waals surface area contributed by atoms with E-state index in [0.29, 0.717) is 12.3 Å². The third kappa shape index (κ3) is 3.97. The number of hydrogen-bond donors (Lipinski definition) is 0. The topological polar surface area (TPSA) is 52.4 Å². The maximum absolute atomic E-state index is 9.92. The zero-order valence-electron chi connectivity index (χ0n) is 8.97. The van der Waals surface area contributed by atoms with Crippen molar-refractivity contribution in [2.45, 2.75) is 26.2 Å².